The fourth-order valence-electron chi connectivity index (χ4n) is 3.46. The van der Waals surface area contributed by atoms with Crippen molar-refractivity contribution in [2.45, 2.75) is 39.8 Å². The molecule has 1 aliphatic heterocycles. The molecule has 32 heavy (non-hydrogen) atoms. The molecule has 0 spiro atoms. The molecule has 3 aromatic rings. The van der Waals surface area contributed by atoms with Gasteiger partial charge in [0.2, 0.25) is 0 Å². The van der Waals surface area contributed by atoms with Gasteiger partial charge in [0.25, 0.3) is 0 Å². The number of carbonyl (C=O) groups is 1. The van der Waals surface area contributed by atoms with E-state index in [9.17, 15) is 14.7 Å². The third kappa shape index (κ3) is 4.03. The van der Waals surface area contributed by atoms with E-state index in [-0.39, 0.29) is 6.54 Å². The summed E-state index contributed by atoms with van der Waals surface area (Å²) >= 11 is 0. The lowest BCUT2D eigenvalue weighted by Crippen LogP contribution is -2.38. The Morgan fingerprint density at radius 2 is 1.75 bits per heavy atom. The maximum absolute atomic E-state index is 12.9. The number of tetrazole rings is 1. The molecule has 0 atom stereocenters. The van der Waals surface area contributed by atoms with E-state index in [1.165, 1.54) is 23.2 Å². The summed E-state index contributed by atoms with van der Waals surface area (Å²) in [6.07, 6.45) is 0. The van der Waals surface area contributed by atoms with Crippen LogP contribution in [0.3, 0.4) is 0 Å². The van der Waals surface area contributed by atoms with Crippen LogP contribution < -0.4 is 19.9 Å². The molecule has 0 bridgehead atoms. The van der Waals surface area contributed by atoms with Gasteiger partial charge < -0.3 is 19.3 Å². The molecule has 1 N–H and O–H groups in total. The molecular formula is C22H24N4O6. The highest BCUT2D eigenvalue weighted by Crippen LogP contribution is 2.31. The van der Waals surface area contributed by atoms with Crippen molar-refractivity contribution in [2.75, 3.05) is 13.2 Å². The van der Waals surface area contributed by atoms with Crippen molar-refractivity contribution in [1.29, 1.82) is 0 Å². The number of aryl methyl sites for hydroxylation is 2. The van der Waals surface area contributed by atoms with Gasteiger partial charge in [-0.05, 0) is 66.9 Å². The molecule has 0 saturated heterocycles. The zero-order chi connectivity index (χ0) is 23.0. The van der Waals surface area contributed by atoms with Gasteiger partial charge in [-0.3, -0.25) is 0 Å². The number of aliphatic carboxylic acids is 1. The van der Waals surface area contributed by atoms with E-state index in [2.05, 4.69) is 10.4 Å². The van der Waals surface area contributed by atoms with Gasteiger partial charge in [-0.1, -0.05) is 12.1 Å². The molecule has 10 nitrogen and oxygen atoms in total. The van der Waals surface area contributed by atoms with Crippen LogP contribution in [0, 0.1) is 13.8 Å². The fourth-order valence-corrected chi connectivity index (χ4v) is 3.46. The molecule has 1 aromatic heterocycles. The third-order valence-corrected chi connectivity index (χ3v) is 5.13. The Hall–Kier alpha value is -3.82. The summed E-state index contributed by atoms with van der Waals surface area (Å²) in [6, 6.07) is 8.84. The van der Waals surface area contributed by atoms with Gasteiger partial charge in [-0.15, -0.1) is 0 Å². The molecule has 0 aliphatic carbocycles. The van der Waals surface area contributed by atoms with Gasteiger partial charge in [0.05, 0.1) is 12.2 Å². The first-order chi connectivity index (χ1) is 15.2. The lowest BCUT2D eigenvalue weighted by atomic mass is 10.0. The average Bonchev–Trinajstić information content (AvgIpc) is 3.10. The predicted octanol–water partition coefficient (Wildman–Crippen LogP) is 2.11. The van der Waals surface area contributed by atoms with Gasteiger partial charge in [0.15, 0.2) is 17.1 Å². The summed E-state index contributed by atoms with van der Waals surface area (Å²) in [5.41, 5.74) is 1.11. The highest BCUT2D eigenvalue weighted by molar-refractivity contribution is 5.77. The number of aromatic nitrogens is 4. The first kappa shape index (κ1) is 21.4. The Morgan fingerprint density at radius 1 is 1.09 bits per heavy atom. The molecule has 2 heterocycles. The van der Waals surface area contributed by atoms with Gasteiger partial charge >= 0.3 is 11.7 Å². The van der Waals surface area contributed by atoms with Crippen LogP contribution in [-0.2, 0) is 11.3 Å². The monoisotopic (exact) mass is 440 g/mol. The summed E-state index contributed by atoms with van der Waals surface area (Å²) in [6.45, 7) is 7.79. The summed E-state index contributed by atoms with van der Waals surface area (Å²) in [4.78, 5) is 24.3. The van der Waals surface area contributed by atoms with Gasteiger partial charge in [0, 0.05) is 6.07 Å². The van der Waals surface area contributed by atoms with Gasteiger partial charge in [-0.2, -0.15) is 9.36 Å². The predicted molar refractivity (Wildman–Crippen MR) is 114 cm³/mol. The lowest BCUT2D eigenvalue weighted by molar-refractivity contribution is -0.152. The zero-order valence-corrected chi connectivity index (χ0v) is 18.3. The Balaban J connectivity index is 1.59. The van der Waals surface area contributed by atoms with Crippen LogP contribution in [-0.4, -0.2) is 49.7 Å². The Bertz CT molecular complexity index is 1220. The second-order valence-electron chi connectivity index (χ2n) is 8.14. The largest absolute Gasteiger partial charge is 0.486 e. The van der Waals surface area contributed by atoms with Crippen LogP contribution in [0.5, 0.6) is 17.2 Å². The molecule has 2 aromatic carbocycles. The van der Waals surface area contributed by atoms with Crippen LogP contribution in [0.1, 0.15) is 30.5 Å². The maximum atomic E-state index is 12.9. The van der Waals surface area contributed by atoms with Crippen LogP contribution >= 0.6 is 0 Å². The number of rotatable bonds is 6. The highest BCUT2D eigenvalue weighted by atomic mass is 16.6. The minimum Gasteiger partial charge on any atom is -0.486 e. The first-order valence-electron chi connectivity index (χ1n) is 10.1. The fraction of sp³-hybridized carbons (Fsp3) is 0.364. The first-order valence-corrected chi connectivity index (χ1v) is 10.1. The molecule has 0 saturated carbocycles. The number of carboxylic acid groups (broad SMARTS) is 1. The Morgan fingerprint density at radius 3 is 2.41 bits per heavy atom. The summed E-state index contributed by atoms with van der Waals surface area (Å²) in [5.74, 6) is 0.636. The number of benzene rings is 2. The van der Waals surface area contributed by atoms with Crippen molar-refractivity contribution in [3.63, 3.8) is 0 Å². The van der Waals surface area contributed by atoms with Crippen LogP contribution in [0.4, 0.5) is 0 Å². The van der Waals surface area contributed by atoms with Crippen LogP contribution in [0.2, 0.25) is 0 Å². The summed E-state index contributed by atoms with van der Waals surface area (Å²) < 4.78 is 19.3. The van der Waals surface area contributed by atoms with E-state index in [0.717, 1.165) is 16.7 Å². The zero-order valence-electron chi connectivity index (χ0n) is 18.3. The van der Waals surface area contributed by atoms with E-state index >= 15 is 0 Å². The van der Waals surface area contributed by atoms with Crippen molar-refractivity contribution in [1.82, 2.24) is 19.8 Å². The van der Waals surface area contributed by atoms with Crippen molar-refractivity contribution >= 4 is 5.97 Å². The van der Waals surface area contributed by atoms with E-state index in [1.807, 2.05) is 26.0 Å². The molecule has 0 radical (unpaired) electrons. The van der Waals surface area contributed by atoms with E-state index in [0.29, 0.717) is 36.1 Å². The number of nitrogens with zero attached hydrogens (tertiary/aromatic N) is 4. The standard InChI is InChI=1S/C22H24N4O6/c1-13-9-15(10-14(2)19(13)32-22(3,4)20(27)28)12-25-21(29)26(24-23-25)16-5-6-17-18(11-16)31-8-7-30-17/h5-6,9-11H,7-8,12H2,1-4H3,(H,27,28). The number of ether oxygens (including phenoxy) is 3. The number of hydrogen-bond acceptors (Lipinski definition) is 7. The van der Waals surface area contributed by atoms with E-state index in [1.54, 1.807) is 18.2 Å². The molecule has 10 heteroatoms. The normalized spacial score (nSPS) is 13.1. The van der Waals surface area contributed by atoms with E-state index in [4.69, 9.17) is 14.2 Å². The van der Waals surface area contributed by atoms with Gasteiger partial charge in [-0.25, -0.2) is 9.59 Å². The molecule has 4 rings (SSSR count). The quantitative estimate of drug-likeness (QED) is 0.619. The van der Waals surface area contributed by atoms with Crippen molar-refractivity contribution < 1.29 is 24.1 Å². The second kappa shape index (κ2) is 8.03. The average molecular weight is 440 g/mol. The summed E-state index contributed by atoms with van der Waals surface area (Å²) in [7, 11) is 0. The Labute approximate surface area is 183 Å². The number of fused-ring (bicyclic) bond motifs is 1. The molecule has 0 amide bonds. The molecular weight excluding hydrogens is 416 g/mol. The van der Waals surface area contributed by atoms with Crippen molar-refractivity contribution in [3.8, 4) is 22.9 Å². The van der Waals surface area contributed by atoms with Crippen LogP contribution in [0.25, 0.3) is 5.69 Å². The number of hydrogen-bond donors (Lipinski definition) is 1. The minimum absolute atomic E-state index is 0.202. The second-order valence-corrected chi connectivity index (χ2v) is 8.14. The number of carboxylic acids is 1. The third-order valence-electron chi connectivity index (χ3n) is 5.13. The molecule has 168 valence electrons. The minimum atomic E-state index is -1.36. The highest BCUT2D eigenvalue weighted by Gasteiger charge is 2.30. The Kier molecular flexibility index (Phi) is 5.37. The molecule has 0 unspecified atom stereocenters. The van der Waals surface area contributed by atoms with Crippen molar-refractivity contribution in [2.24, 2.45) is 0 Å². The topological polar surface area (TPSA) is 118 Å². The lowest BCUT2D eigenvalue weighted by Gasteiger charge is -2.24. The molecule has 1 aliphatic rings. The smallest absolute Gasteiger partial charge is 0.368 e. The van der Waals surface area contributed by atoms with Gasteiger partial charge in [0.1, 0.15) is 19.0 Å². The summed E-state index contributed by atoms with van der Waals surface area (Å²) in [5, 5.41) is 17.3. The maximum Gasteiger partial charge on any atom is 0.368 e. The van der Waals surface area contributed by atoms with Crippen molar-refractivity contribution in [3.05, 3.63) is 57.5 Å². The van der Waals surface area contributed by atoms with E-state index < -0.39 is 17.3 Å². The molecule has 0 fully saturated rings. The SMILES string of the molecule is Cc1cc(Cn2nnn(-c3ccc4c(c3)OCCO4)c2=O)cc(C)c1OC(C)(C)C(=O)O. The van der Waals surface area contributed by atoms with Crippen LogP contribution in [0.15, 0.2) is 35.1 Å².